The summed E-state index contributed by atoms with van der Waals surface area (Å²) in [6.07, 6.45) is 2.35. The molecule has 2 heterocycles. The van der Waals surface area contributed by atoms with Crippen LogP contribution in [0.4, 0.5) is 0 Å². The van der Waals surface area contributed by atoms with Crippen molar-refractivity contribution in [2.24, 2.45) is 0 Å². The highest BCUT2D eigenvalue weighted by Gasteiger charge is 2.23. The second-order valence-corrected chi connectivity index (χ2v) is 8.78. The fourth-order valence-electron chi connectivity index (χ4n) is 3.51. The first-order chi connectivity index (χ1) is 14.2. The molecule has 5 nitrogen and oxygen atoms in total. The minimum atomic E-state index is 0.153. The summed E-state index contributed by atoms with van der Waals surface area (Å²) in [5, 5.41) is 10.8. The first-order valence-electron chi connectivity index (χ1n) is 9.76. The van der Waals surface area contributed by atoms with Crippen LogP contribution in [0.1, 0.15) is 30.6 Å². The van der Waals surface area contributed by atoms with Crippen LogP contribution in [0.15, 0.2) is 53.7 Å². The molecular formula is C22H24ClN3O2S. The van der Waals surface area contributed by atoms with Crippen molar-refractivity contribution in [1.82, 2.24) is 14.8 Å². The van der Waals surface area contributed by atoms with Gasteiger partial charge in [0.1, 0.15) is 5.75 Å². The number of hydrogen-bond donors (Lipinski definition) is 0. The van der Waals surface area contributed by atoms with Crippen molar-refractivity contribution >= 4 is 23.4 Å². The molecule has 2 aromatic carbocycles. The average molecular weight is 430 g/mol. The molecule has 0 spiro atoms. The molecular weight excluding hydrogens is 406 g/mol. The predicted octanol–water partition coefficient (Wildman–Crippen LogP) is 5.64. The van der Waals surface area contributed by atoms with Gasteiger partial charge in [0, 0.05) is 22.4 Å². The van der Waals surface area contributed by atoms with E-state index in [0.717, 1.165) is 58.9 Å². The number of thioether (sulfide) groups is 1. The Balaban J connectivity index is 1.65. The average Bonchev–Trinajstić information content (AvgIpc) is 3.39. The molecule has 29 heavy (non-hydrogen) atoms. The van der Waals surface area contributed by atoms with Gasteiger partial charge >= 0.3 is 0 Å². The second-order valence-electron chi connectivity index (χ2n) is 7.06. The molecule has 0 N–H and O–H groups in total. The number of halogens is 1. The maximum Gasteiger partial charge on any atom is 0.192 e. The standard InChI is InChI=1S/C22H24ClN3O2S/c1-15(19-7-3-4-8-20(19)23)29-22-25-24-21(16-9-11-17(27-2)12-10-16)26(22)14-18-6-5-13-28-18/h3-4,7-12,15,18H,5-6,13-14H2,1-2H3. The highest BCUT2D eigenvalue weighted by Crippen LogP contribution is 2.38. The van der Waals surface area contributed by atoms with Gasteiger partial charge in [-0.05, 0) is 55.7 Å². The van der Waals surface area contributed by atoms with Crippen molar-refractivity contribution in [2.45, 2.75) is 42.8 Å². The molecule has 1 aromatic heterocycles. The number of rotatable bonds is 7. The molecule has 0 amide bonds. The minimum absolute atomic E-state index is 0.153. The minimum Gasteiger partial charge on any atom is -0.497 e. The van der Waals surface area contributed by atoms with E-state index in [1.807, 2.05) is 42.5 Å². The van der Waals surface area contributed by atoms with Gasteiger partial charge in [0.25, 0.3) is 0 Å². The topological polar surface area (TPSA) is 49.2 Å². The third kappa shape index (κ3) is 4.60. The smallest absolute Gasteiger partial charge is 0.192 e. The Morgan fingerprint density at radius 2 is 2.00 bits per heavy atom. The van der Waals surface area contributed by atoms with Gasteiger partial charge in [-0.25, -0.2) is 0 Å². The number of nitrogens with zero attached hydrogens (tertiary/aromatic N) is 3. The van der Waals surface area contributed by atoms with Gasteiger partial charge in [-0.15, -0.1) is 10.2 Å². The normalized spacial score (nSPS) is 17.4. The lowest BCUT2D eigenvalue weighted by Gasteiger charge is -2.17. The van der Waals surface area contributed by atoms with E-state index in [9.17, 15) is 0 Å². The van der Waals surface area contributed by atoms with Crippen molar-refractivity contribution < 1.29 is 9.47 Å². The van der Waals surface area contributed by atoms with Gasteiger partial charge in [-0.1, -0.05) is 41.6 Å². The molecule has 3 aromatic rings. The molecule has 1 aliphatic rings. The summed E-state index contributed by atoms with van der Waals surface area (Å²) in [5.41, 5.74) is 2.10. The Morgan fingerprint density at radius 1 is 1.21 bits per heavy atom. The third-order valence-electron chi connectivity index (χ3n) is 5.10. The molecule has 1 saturated heterocycles. The van der Waals surface area contributed by atoms with Gasteiger partial charge in [0.15, 0.2) is 11.0 Å². The van der Waals surface area contributed by atoms with Gasteiger partial charge < -0.3 is 9.47 Å². The number of ether oxygens (including phenoxy) is 2. The first kappa shape index (κ1) is 20.3. The predicted molar refractivity (Wildman–Crippen MR) is 117 cm³/mol. The number of benzene rings is 2. The monoisotopic (exact) mass is 429 g/mol. The van der Waals surface area contributed by atoms with E-state index in [2.05, 4.69) is 27.8 Å². The van der Waals surface area contributed by atoms with Crippen LogP contribution in [-0.2, 0) is 11.3 Å². The summed E-state index contributed by atoms with van der Waals surface area (Å²) in [4.78, 5) is 0. The molecule has 7 heteroatoms. The van der Waals surface area contributed by atoms with Gasteiger partial charge in [-0.2, -0.15) is 0 Å². The maximum atomic E-state index is 6.40. The third-order valence-corrected chi connectivity index (χ3v) is 6.57. The van der Waals surface area contributed by atoms with E-state index in [4.69, 9.17) is 21.1 Å². The van der Waals surface area contributed by atoms with Crippen molar-refractivity contribution in [3.63, 3.8) is 0 Å². The van der Waals surface area contributed by atoms with Crippen LogP contribution >= 0.6 is 23.4 Å². The first-order valence-corrected chi connectivity index (χ1v) is 11.0. The zero-order valence-electron chi connectivity index (χ0n) is 16.5. The van der Waals surface area contributed by atoms with Crippen LogP contribution in [-0.4, -0.2) is 34.6 Å². The van der Waals surface area contributed by atoms with Crippen LogP contribution in [0.3, 0.4) is 0 Å². The summed E-state index contributed by atoms with van der Waals surface area (Å²) in [6, 6.07) is 15.9. The highest BCUT2D eigenvalue weighted by molar-refractivity contribution is 7.99. The van der Waals surface area contributed by atoms with Gasteiger partial charge in [0.2, 0.25) is 0 Å². The van der Waals surface area contributed by atoms with Gasteiger partial charge in [0.05, 0.1) is 19.8 Å². The molecule has 0 saturated carbocycles. The van der Waals surface area contributed by atoms with Crippen LogP contribution in [0.25, 0.3) is 11.4 Å². The summed E-state index contributed by atoms with van der Waals surface area (Å²) in [7, 11) is 1.67. The fourth-order valence-corrected chi connectivity index (χ4v) is 4.90. The molecule has 4 rings (SSSR count). The zero-order chi connectivity index (χ0) is 20.2. The summed E-state index contributed by atoms with van der Waals surface area (Å²) >= 11 is 8.07. The molecule has 152 valence electrons. The summed E-state index contributed by atoms with van der Waals surface area (Å²) < 4.78 is 13.3. The Labute approximate surface area is 180 Å². The lowest BCUT2D eigenvalue weighted by atomic mass is 10.2. The van der Waals surface area contributed by atoms with E-state index in [1.165, 1.54) is 0 Å². The van der Waals surface area contributed by atoms with Crippen molar-refractivity contribution in [3.05, 3.63) is 59.1 Å². The van der Waals surface area contributed by atoms with Crippen LogP contribution in [0, 0.1) is 0 Å². The SMILES string of the molecule is COc1ccc(-c2nnc(SC(C)c3ccccc3Cl)n2CC2CCCO2)cc1. The molecule has 2 unspecified atom stereocenters. The van der Waals surface area contributed by atoms with Crippen molar-refractivity contribution in [3.8, 4) is 17.1 Å². The Bertz CT molecular complexity index is 955. The second kappa shape index (κ2) is 9.20. The molecule has 0 radical (unpaired) electrons. The largest absolute Gasteiger partial charge is 0.497 e. The van der Waals surface area contributed by atoms with Crippen LogP contribution in [0.5, 0.6) is 5.75 Å². The summed E-state index contributed by atoms with van der Waals surface area (Å²) in [6.45, 7) is 3.71. The summed E-state index contributed by atoms with van der Waals surface area (Å²) in [5.74, 6) is 1.66. The lowest BCUT2D eigenvalue weighted by molar-refractivity contribution is 0.0953. The van der Waals surface area contributed by atoms with Gasteiger partial charge in [-0.3, -0.25) is 4.57 Å². The quantitative estimate of drug-likeness (QED) is 0.455. The zero-order valence-corrected chi connectivity index (χ0v) is 18.1. The van der Waals surface area contributed by atoms with E-state index in [0.29, 0.717) is 0 Å². The molecule has 0 bridgehead atoms. The van der Waals surface area contributed by atoms with Crippen molar-refractivity contribution in [1.29, 1.82) is 0 Å². The molecule has 1 fully saturated rings. The van der Waals surface area contributed by atoms with E-state index in [1.54, 1.807) is 18.9 Å². The Hall–Kier alpha value is -2.02. The number of hydrogen-bond acceptors (Lipinski definition) is 5. The van der Waals surface area contributed by atoms with Crippen LogP contribution in [0.2, 0.25) is 5.02 Å². The fraction of sp³-hybridized carbons (Fsp3) is 0.364. The molecule has 1 aliphatic heterocycles. The van der Waals surface area contributed by atoms with E-state index < -0.39 is 0 Å². The van der Waals surface area contributed by atoms with Crippen LogP contribution < -0.4 is 4.74 Å². The number of methoxy groups -OCH3 is 1. The number of aromatic nitrogens is 3. The Kier molecular flexibility index (Phi) is 6.43. The Morgan fingerprint density at radius 3 is 2.69 bits per heavy atom. The maximum absolute atomic E-state index is 6.40. The molecule has 2 atom stereocenters. The highest BCUT2D eigenvalue weighted by atomic mass is 35.5. The van der Waals surface area contributed by atoms with E-state index in [-0.39, 0.29) is 11.4 Å². The van der Waals surface area contributed by atoms with Crippen molar-refractivity contribution in [2.75, 3.05) is 13.7 Å². The molecule has 0 aliphatic carbocycles. The van der Waals surface area contributed by atoms with E-state index >= 15 is 0 Å². The lowest BCUT2D eigenvalue weighted by Crippen LogP contribution is -2.16.